The highest BCUT2D eigenvalue weighted by Crippen LogP contribution is 2.22. The summed E-state index contributed by atoms with van der Waals surface area (Å²) in [5.74, 6) is 0.668. The van der Waals surface area contributed by atoms with E-state index >= 15 is 0 Å². The van der Waals surface area contributed by atoms with Crippen molar-refractivity contribution in [2.75, 3.05) is 25.0 Å². The second-order valence-electron chi connectivity index (χ2n) is 8.13. The number of carbonyl (C=O) groups is 2. The number of thioether (sulfide) groups is 1. The lowest BCUT2D eigenvalue weighted by atomic mass is 10.0. The van der Waals surface area contributed by atoms with Gasteiger partial charge in [-0.1, -0.05) is 18.2 Å². The minimum Gasteiger partial charge on any atom is -0.349 e. The summed E-state index contributed by atoms with van der Waals surface area (Å²) >= 11 is 1.67. The topological polar surface area (TPSA) is 92.2 Å². The number of amides is 2. The van der Waals surface area contributed by atoms with Crippen LogP contribution in [0.3, 0.4) is 0 Å². The minimum atomic E-state index is -0.0969. The Labute approximate surface area is 197 Å². The lowest BCUT2D eigenvalue weighted by Crippen LogP contribution is -2.46. The average molecular weight is 465 g/mol. The van der Waals surface area contributed by atoms with Crippen molar-refractivity contribution in [1.29, 1.82) is 0 Å². The van der Waals surface area contributed by atoms with Gasteiger partial charge in [0.05, 0.1) is 23.3 Å². The molecule has 2 N–H and O–H groups in total. The van der Waals surface area contributed by atoms with Gasteiger partial charge >= 0.3 is 0 Å². The number of aromatic nitrogens is 3. The van der Waals surface area contributed by atoms with Gasteiger partial charge in [0.25, 0.3) is 5.91 Å². The molecule has 2 amide bonds. The molecule has 3 heterocycles. The first-order valence-electron chi connectivity index (χ1n) is 11.0. The van der Waals surface area contributed by atoms with E-state index in [1.54, 1.807) is 42.1 Å². The molecule has 1 saturated heterocycles. The molecule has 33 heavy (non-hydrogen) atoms. The van der Waals surface area contributed by atoms with Gasteiger partial charge in [0.15, 0.2) is 0 Å². The van der Waals surface area contributed by atoms with Gasteiger partial charge < -0.3 is 10.6 Å². The van der Waals surface area contributed by atoms with Crippen LogP contribution in [0.1, 0.15) is 28.8 Å². The summed E-state index contributed by atoms with van der Waals surface area (Å²) in [5.41, 5.74) is 2.51. The van der Waals surface area contributed by atoms with Crippen LogP contribution in [-0.4, -0.2) is 57.2 Å². The summed E-state index contributed by atoms with van der Waals surface area (Å²) in [7, 11) is 1.79. The summed E-state index contributed by atoms with van der Waals surface area (Å²) in [6, 6.07) is 13.9. The van der Waals surface area contributed by atoms with Crippen LogP contribution in [0.4, 0.5) is 5.69 Å². The highest BCUT2D eigenvalue weighted by molar-refractivity contribution is 7.98. The number of hydrogen-bond donors (Lipinski definition) is 2. The van der Waals surface area contributed by atoms with Gasteiger partial charge in [-0.05, 0) is 42.7 Å². The first-order chi connectivity index (χ1) is 16.0. The molecule has 1 aliphatic heterocycles. The van der Waals surface area contributed by atoms with Crippen LogP contribution in [0.5, 0.6) is 0 Å². The van der Waals surface area contributed by atoms with Crippen LogP contribution >= 0.6 is 11.8 Å². The zero-order valence-electron chi connectivity index (χ0n) is 18.6. The molecule has 0 aliphatic carbocycles. The molecule has 0 spiro atoms. The van der Waals surface area contributed by atoms with Gasteiger partial charge in [-0.15, -0.1) is 11.8 Å². The lowest BCUT2D eigenvalue weighted by molar-refractivity contribution is -0.117. The number of rotatable bonds is 8. The molecule has 1 aliphatic rings. The Morgan fingerprint density at radius 2 is 2.00 bits per heavy atom. The van der Waals surface area contributed by atoms with Crippen LogP contribution in [0, 0.1) is 0 Å². The number of hydrogen-bond acceptors (Lipinski definition) is 6. The van der Waals surface area contributed by atoms with E-state index in [1.165, 1.54) is 0 Å². The third-order valence-electron chi connectivity index (χ3n) is 5.49. The quantitative estimate of drug-likeness (QED) is 0.498. The number of nitrogens with one attached hydrogen (secondary N) is 2. The van der Waals surface area contributed by atoms with Crippen LogP contribution in [0.2, 0.25) is 0 Å². The largest absolute Gasteiger partial charge is 0.349 e. The Balaban J connectivity index is 1.20. The Hall–Kier alpha value is -3.17. The fourth-order valence-electron chi connectivity index (χ4n) is 3.77. The van der Waals surface area contributed by atoms with Gasteiger partial charge in [0, 0.05) is 50.0 Å². The van der Waals surface area contributed by atoms with Crippen LogP contribution in [0.15, 0.2) is 66.1 Å². The predicted molar refractivity (Wildman–Crippen MR) is 129 cm³/mol. The molecule has 9 heteroatoms. The van der Waals surface area contributed by atoms with Crippen molar-refractivity contribution >= 4 is 29.3 Å². The maximum atomic E-state index is 12.6. The Morgan fingerprint density at radius 1 is 1.15 bits per heavy atom. The highest BCUT2D eigenvalue weighted by atomic mass is 32.2. The second kappa shape index (κ2) is 11.1. The van der Waals surface area contributed by atoms with Crippen molar-refractivity contribution in [3.8, 4) is 0 Å². The van der Waals surface area contributed by atoms with E-state index in [9.17, 15) is 9.59 Å². The standard InChI is InChI=1S/C24H28N6O2S/c1-29-15-19(14-26-29)24(32)28-20-8-11-30(12-9-20)16-22(31)27-21-6-4-5-18(13-21)17-33-23-7-2-3-10-25-23/h2-7,10,13-15,20H,8-9,11-12,16-17H2,1H3,(H,27,31)(H,28,32). The van der Waals surface area contributed by atoms with Gasteiger partial charge in [-0.3, -0.25) is 19.2 Å². The molecule has 4 rings (SSSR count). The summed E-state index contributed by atoms with van der Waals surface area (Å²) in [5, 5.41) is 11.1. The molecule has 172 valence electrons. The van der Waals surface area contributed by atoms with Crippen molar-refractivity contribution in [3.05, 3.63) is 72.2 Å². The number of likely N-dealkylation sites (tertiary alicyclic amines) is 1. The molecular weight excluding hydrogens is 436 g/mol. The summed E-state index contributed by atoms with van der Waals surface area (Å²) in [6.07, 6.45) is 6.71. The first-order valence-corrected chi connectivity index (χ1v) is 12.0. The Bertz CT molecular complexity index is 1080. The molecule has 0 radical (unpaired) electrons. The third kappa shape index (κ3) is 6.90. The van der Waals surface area contributed by atoms with E-state index in [4.69, 9.17) is 0 Å². The summed E-state index contributed by atoms with van der Waals surface area (Å²) < 4.78 is 1.62. The molecule has 1 aromatic carbocycles. The van der Waals surface area contributed by atoms with Gasteiger partial charge in [-0.2, -0.15) is 5.10 Å². The number of piperidine rings is 1. The summed E-state index contributed by atoms with van der Waals surface area (Å²) in [4.78, 5) is 31.3. The number of pyridine rings is 1. The molecule has 1 fully saturated rings. The molecule has 0 atom stereocenters. The molecule has 0 unspecified atom stereocenters. The molecule has 2 aromatic heterocycles. The number of nitrogens with zero attached hydrogens (tertiary/aromatic N) is 4. The zero-order chi connectivity index (χ0) is 23.0. The zero-order valence-corrected chi connectivity index (χ0v) is 19.4. The smallest absolute Gasteiger partial charge is 0.254 e. The molecule has 3 aromatic rings. The van der Waals surface area contributed by atoms with Crippen molar-refractivity contribution in [1.82, 2.24) is 25.0 Å². The van der Waals surface area contributed by atoms with Crippen LogP contribution in [0.25, 0.3) is 0 Å². The number of benzene rings is 1. The maximum absolute atomic E-state index is 12.6. The normalized spacial score (nSPS) is 14.7. The first kappa shape index (κ1) is 23.0. The molecule has 0 saturated carbocycles. The SMILES string of the molecule is Cn1cc(C(=O)NC2CCN(CC(=O)Nc3cccc(CSc4ccccn4)c3)CC2)cn1. The second-order valence-corrected chi connectivity index (χ2v) is 9.13. The Morgan fingerprint density at radius 3 is 2.73 bits per heavy atom. The van der Waals surface area contributed by atoms with Gasteiger partial charge in [-0.25, -0.2) is 4.98 Å². The predicted octanol–water partition coefficient (Wildman–Crippen LogP) is 2.94. The molecule has 0 bridgehead atoms. The van der Waals surface area contributed by atoms with Gasteiger partial charge in [0.2, 0.25) is 5.91 Å². The number of carbonyl (C=O) groups excluding carboxylic acids is 2. The third-order valence-corrected chi connectivity index (χ3v) is 6.51. The van der Waals surface area contributed by atoms with Gasteiger partial charge in [0.1, 0.15) is 0 Å². The van der Waals surface area contributed by atoms with Crippen molar-refractivity contribution < 1.29 is 9.59 Å². The van der Waals surface area contributed by atoms with Crippen LogP contribution < -0.4 is 10.6 Å². The van der Waals surface area contributed by atoms with Crippen molar-refractivity contribution in [3.63, 3.8) is 0 Å². The van der Waals surface area contributed by atoms with E-state index in [1.807, 2.05) is 36.4 Å². The highest BCUT2D eigenvalue weighted by Gasteiger charge is 2.23. The maximum Gasteiger partial charge on any atom is 0.254 e. The fourth-order valence-corrected chi connectivity index (χ4v) is 4.58. The monoisotopic (exact) mass is 464 g/mol. The van der Waals surface area contributed by atoms with E-state index in [0.717, 1.165) is 48.0 Å². The van der Waals surface area contributed by atoms with Crippen molar-refractivity contribution in [2.24, 2.45) is 7.05 Å². The van der Waals surface area contributed by atoms with E-state index < -0.39 is 0 Å². The number of anilines is 1. The van der Waals surface area contributed by atoms with Crippen LogP contribution in [-0.2, 0) is 17.6 Å². The molecule has 8 nitrogen and oxygen atoms in total. The van der Waals surface area contributed by atoms with E-state index in [-0.39, 0.29) is 17.9 Å². The average Bonchev–Trinajstić information content (AvgIpc) is 3.26. The summed E-state index contributed by atoms with van der Waals surface area (Å²) in [6.45, 7) is 1.88. The lowest BCUT2D eigenvalue weighted by Gasteiger charge is -2.31. The Kier molecular flexibility index (Phi) is 7.74. The minimum absolute atomic E-state index is 0.0256. The van der Waals surface area contributed by atoms with Crippen molar-refractivity contribution in [2.45, 2.75) is 29.7 Å². The molecular formula is C24H28N6O2S. The number of aryl methyl sites for hydroxylation is 1. The van der Waals surface area contributed by atoms with E-state index in [0.29, 0.717) is 12.1 Å². The fraction of sp³-hybridized carbons (Fsp3) is 0.333. The van der Waals surface area contributed by atoms with E-state index in [2.05, 4.69) is 31.7 Å².